The van der Waals surface area contributed by atoms with Crippen LogP contribution in [0.3, 0.4) is 0 Å². The number of hydrogen-bond acceptors (Lipinski definition) is 6. The topological polar surface area (TPSA) is 116 Å². The summed E-state index contributed by atoms with van der Waals surface area (Å²) in [5.41, 5.74) is 7.21. The third-order valence-corrected chi connectivity index (χ3v) is 3.83. The van der Waals surface area contributed by atoms with Gasteiger partial charge in [-0.05, 0) is 24.6 Å². The highest BCUT2D eigenvalue weighted by Crippen LogP contribution is 2.18. The van der Waals surface area contributed by atoms with Crippen molar-refractivity contribution in [1.29, 1.82) is 0 Å². The Morgan fingerprint density at radius 2 is 1.95 bits per heavy atom. The predicted octanol–water partition coefficient (Wildman–Crippen LogP) is 0.104. The molecule has 1 aromatic carbocycles. The van der Waals surface area contributed by atoms with E-state index in [1.165, 1.54) is 6.07 Å². The summed E-state index contributed by atoms with van der Waals surface area (Å²) < 4.78 is 27.4. The third kappa shape index (κ3) is 4.88. The minimum absolute atomic E-state index is 0.434. The van der Waals surface area contributed by atoms with Crippen molar-refractivity contribution in [3.8, 4) is 0 Å². The molecule has 0 atom stereocenters. The van der Waals surface area contributed by atoms with E-state index in [1.54, 1.807) is 19.1 Å². The Balaban J connectivity index is 2.73. The molecule has 7 nitrogen and oxygen atoms in total. The van der Waals surface area contributed by atoms with Crippen molar-refractivity contribution in [3.05, 3.63) is 23.8 Å². The van der Waals surface area contributed by atoms with Gasteiger partial charge in [0.25, 0.3) is 0 Å². The number of ether oxygens (including phenoxy) is 1. The number of nitrogens with one attached hydrogen (secondary N) is 1. The first-order chi connectivity index (χ1) is 9.23. The molecule has 1 amide bonds. The van der Waals surface area contributed by atoms with Crippen molar-refractivity contribution in [2.45, 2.75) is 6.92 Å². The maximum Gasteiger partial charge on any atom is 0.320 e. The van der Waals surface area contributed by atoms with Gasteiger partial charge >= 0.3 is 5.97 Å². The molecule has 0 saturated heterocycles. The number of hydrogen-bond donors (Lipinski definition) is 2. The Hall–Kier alpha value is -2.09. The largest absolute Gasteiger partial charge is 0.468 e. The van der Waals surface area contributed by atoms with Crippen molar-refractivity contribution in [1.82, 2.24) is 0 Å². The number of nitrogen functional groups attached to an aromatic ring is 1. The van der Waals surface area contributed by atoms with E-state index in [4.69, 9.17) is 5.73 Å². The van der Waals surface area contributed by atoms with Gasteiger partial charge in [0.2, 0.25) is 5.91 Å². The van der Waals surface area contributed by atoms with E-state index in [1.807, 2.05) is 0 Å². The zero-order chi connectivity index (χ0) is 15.3. The van der Waals surface area contributed by atoms with E-state index in [9.17, 15) is 18.0 Å². The van der Waals surface area contributed by atoms with E-state index in [2.05, 4.69) is 10.1 Å². The highest BCUT2D eigenvalue weighted by molar-refractivity contribution is 7.92. The number of aryl methyl sites for hydroxylation is 1. The molecule has 0 fully saturated rings. The second-order valence-corrected chi connectivity index (χ2v) is 6.30. The number of rotatable bonds is 5. The zero-order valence-corrected chi connectivity index (χ0v) is 12.0. The summed E-state index contributed by atoms with van der Waals surface area (Å²) in [7, 11) is -2.78. The predicted molar refractivity (Wildman–Crippen MR) is 74.9 cm³/mol. The van der Waals surface area contributed by atoms with Gasteiger partial charge in [0.1, 0.15) is 11.5 Å². The molecule has 0 aliphatic rings. The van der Waals surface area contributed by atoms with E-state index in [-0.39, 0.29) is 0 Å². The number of carbonyl (C=O) groups excluding carboxylic acids is 2. The smallest absolute Gasteiger partial charge is 0.320 e. The van der Waals surface area contributed by atoms with Crippen LogP contribution < -0.4 is 11.1 Å². The molecule has 0 bridgehead atoms. The summed E-state index contributed by atoms with van der Waals surface area (Å²) in [6.07, 6.45) is 0. The molecule has 0 radical (unpaired) electrons. The van der Waals surface area contributed by atoms with Crippen LogP contribution in [0.1, 0.15) is 5.56 Å². The monoisotopic (exact) mass is 300 g/mol. The van der Waals surface area contributed by atoms with Crippen LogP contribution in [-0.4, -0.2) is 38.9 Å². The fraction of sp³-hybridized carbons (Fsp3) is 0.333. The number of esters is 1. The number of methoxy groups -OCH3 is 1. The Kier molecular flexibility index (Phi) is 5.09. The van der Waals surface area contributed by atoms with E-state index in [0.717, 1.165) is 12.7 Å². The standard InChI is InChI=1S/C12H16N2O5S/c1-8-3-4-9(13)5-10(8)14-11(15)6-20(17,18)7-12(16)19-2/h3-5H,6-7,13H2,1-2H3,(H,14,15). The van der Waals surface area contributed by atoms with Crippen LogP contribution in [0.4, 0.5) is 11.4 Å². The number of amides is 1. The van der Waals surface area contributed by atoms with Crippen molar-refractivity contribution < 1.29 is 22.7 Å². The summed E-state index contributed by atoms with van der Waals surface area (Å²) >= 11 is 0. The van der Waals surface area contributed by atoms with Crippen molar-refractivity contribution in [3.63, 3.8) is 0 Å². The molecule has 1 aromatic rings. The molecule has 0 heterocycles. The van der Waals surface area contributed by atoms with Crippen molar-refractivity contribution >= 4 is 33.1 Å². The minimum atomic E-state index is -3.85. The Labute approximate surface area is 117 Å². The third-order valence-electron chi connectivity index (χ3n) is 2.45. The molecule has 1 rings (SSSR count). The number of benzene rings is 1. The lowest BCUT2D eigenvalue weighted by atomic mass is 10.2. The van der Waals surface area contributed by atoms with Gasteiger partial charge in [-0.1, -0.05) is 6.07 Å². The second kappa shape index (κ2) is 6.38. The number of anilines is 2. The van der Waals surface area contributed by atoms with Crippen LogP contribution in [0.15, 0.2) is 18.2 Å². The van der Waals surface area contributed by atoms with E-state index < -0.39 is 33.2 Å². The summed E-state index contributed by atoms with van der Waals surface area (Å²) in [5, 5.41) is 2.45. The van der Waals surface area contributed by atoms with Crippen LogP contribution in [0.2, 0.25) is 0 Å². The first-order valence-corrected chi connectivity index (χ1v) is 7.49. The van der Waals surface area contributed by atoms with Gasteiger partial charge in [-0.15, -0.1) is 0 Å². The van der Waals surface area contributed by atoms with Crippen LogP contribution in [-0.2, 0) is 24.2 Å². The fourth-order valence-corrected chi connectivity index (χ4v) is 2.50. The molecule has 0 spiro atoms. The summed E-state index contributed by atoms with van der Waals surface area (Å²) in [5.74, 6) is -3.26. The SMILES string of the molecule is COC(=O)CS(=O)(=O)CC(=O)Nc1cc(N)ccc1C. The minimum Gasteiger partial charge on any atom is -0.468 e. The second-order valence-electron chi connectivity index (χ2n) is 4.23. The van der Waals surface area contributed by atoms with Gasteiger partial charge in [-0.2, -0.15) is 0 Å². The molecule has 0 saturated carbocycles. The molecule has 110 valence electrons. The summed E-state index contributed by atoms with van der Waals surface area (Å²) in [6.45, 7) is 1.75. The highest BCUT2D eigenvalue weighted by Gasteiger charge is 2.21. The summed E-state index contributed by atoms with van der Waals surface area (Å²) in [6, 6.07) is 4.90. The van der Waals surface area contributed by atoms with E-state index >= 15 is 0 Å². The molecule has 0 aliphatic carbocycles. The Bertz CT molecular complexity index is 625. The first kappa shape index (κ1) is 16.0. The zero-order valence-electron chi connectivity index (χ0n) is 11.2. The van der Waals surface area contributed by atoms with Crippen LogP contribution in [0.5, 0.6) is 0 Å². The molecule has 8 heteroatoms. The van der Waals surface area contributed by atoms with Gasteiger partial charge in [0.05, 0.1) is 7.11 Å². The lowest BCUT2D eigenvalue weighted by molar-refractivity contribution is -0.137. The molecule has 3 N–H and O–H groups in total. The average molecular weight is 300 g/mol. The number of sulfone groups is 1. The van der Waals surface area contributed by atoms with Crippen molar-refractivity contribution in [2.24, 2.45) is 0 Å². The summed E-state index contributed by atoms with van der Waals surface area (Å²) in [4.78, 5) is 22.6. The maximum absolute atomic E-state index is 11.7. The number of nitrogens with two attached hydrogens (primary N) is 1. The average Bonchev–Trinajstić information content (AvgIpc) is 2.32. The van der Waals surface area contributed by atoms with Gasteiger partial charge in [0.15, 0.2) is 9.84 Å². The van der Waals surface area contributed by atoms with Gasteiger partial charge in [0, 0.05) is 11.4 Å². The van der Waals surface area contributed by atoms with Gasteiger partial charge in [-0.25, -0.2) is 8.42 Å². The first-order valence-electron chi connectivity index (χ1n) is 5.67. The van der Waals surface area contributed by atoms with Gasteiger partial charge in [-0.3, -0.25) is 9.59 Å². The lowest BCUT2D eigenvalue weighted by Gasteiger charge is -2.09. The molecular weight excluding hydrogens is 284 g/mol. The molecular formula is C12H16N2O5S. The quantitative estimate of drug-likeness (QED) is 0.588. The number of carbonyl (C=O) groups is 2. The maximum atomic E-state index is 11.7. The normalized spacial score (nSPS) is 10.9. The molecule has 20 heavy (non-hydrogen) atoms. The Morgan fingerprint density at radius 1 is 1.30 bits per heavy atom. The van der Waals surface area contributed by atoms with Crippen LogP contribution in [0, 0.1) is 6.92 Å². The van der Waals surface area contributed by atoms with Crippen LogP contribution >= 0.6 is 0 Å². The van der Waals surface area contributed by atoms with Crippen molar-refractivity contribution in [2.75, 3.05) is 29.7 Å². The fourth-order valence-electron chi connectivity index (χ4n) is 1.45. The molecule has 0 unspecified atom stereocenters. The highest BCUT2D eigenvalue weighted by atomic mass is 32.2. The Morgan fingerprint density at radius 3 is 2.55 bits per heavy atom. The molecule has 0 aliphatic heterocycles. The van der Waals surface area contributed by atoms with E-state index in [0.29, 0.717) is 11.4 Å². The molecule has 0 aromatic heterocycles. The van der Waals surface area contributed by atoms with Crippen LogP contribution in [0.25, 0.3) is 0 Å². The lowest BCUT2D eigenvalue weighted by Crippen LogP contribution is -2.28. The van der Waals surface area contributed by atoms with Gasteiger partial charge < -0.3 is 15.8 Å².